The predicted octanol–water partition coefficient (Wildman–Crippen LogP) is -0.227. The van der Waals surface area contributed by atoms with Crippen molar-refractivity contribution in [1.82, 2.24) is 10.2 Å². The molecule has 1 saturated heterocycles. The van der Waals surface area contributed by atoms with E-state index in [1.165, 1.54) is 11.3 Å². The van der Waals surface area contributed by atoms with E-state index in [9.17, 15) is 8.42 Å². The van der Waals surface area contributed by atoms with E-state index in [4.69, 9.17) is 0 Å². The molecule has 0 saturated carbocycles. The van der Waals surface area contributed by atoms with E-state index >= 15 is 0 Å². The van der Waals surface area contributed by atoms with Crippen LogP contribution in [-0.4, -0.2) is 43.2 Å². The Balaban J connectivity index is 2.07. The van der Waals surface area contributed by atoms with Gasteiger partial charge in [-0.15, -0.1) is 10.2 Å². The summed E-state index contributed by atoms with van der Waals surface area (Å²) < 4.78 is 22.2. The van der Waals surface area contributed by atoms with E-state index in [-0.39, 0.29) is 11.5 Å². The van der Waals surface area contributed by atoms with Crippen LogP contribution in [0, 0.1) is 0 Å². The number of aromatic nitrogens is 2. The molecule has 2 heterocycles. The zero-order valence-corrected chi connectivity index (χ0v) is 8.51. The third-order valence-corrected chi connectivity index (χ3v) is 4.32. The summed E-state index contributed by atoms with van der Waals surface area (Å²) in [4.78, 5) is 1.96. The van der Waals surface area contributed by atoms with Gasteiger partial charge in [0.15, 0.2) is 9.84 Å². The summed E-state index contributed by atoms with van der Waals surface area (Å²) in [6.45, 7) is 1.08. The van der Waals surface area contributed by atoms with Gasteiger partial charge in [-0.25, -0.2) is 8.42 Å². The number of rotatable bonds is 1. The standard InChI is InChI=1S/C6H9N3O2S2/c10-13(11)3-1-9(2-4-13)6-8-7-5-12-6/h5H,1-4H2. The highest BCUT2D eigenvalue weighted by atomic mass is 32.2. The lowest BCUT2D eigenvalue weighted by Crippen LogP contribution is -2.40. The van der Waals surface area contributed by atoms with Gasteiger partial charge in [0.1, 0.15) is 5.51 Å². The van der Waals surface area contributed by atoms with E-state index in [1.807, 2.05) is 4.90 Å². The fraction of sp³-hybridized carbons (Fsp3) is 0.667. The van der Waals surface area contributed by atoms with Gasteiger partial charge in [-0.2, -0.15) is 0 Å². The normalized spacial score (nSPS) is 21.7. The van der Waals surface area contributed by atoms with Crippen LogP contribution in [0.4, 0.5) is 5.13 Å². The lowest BCUT2D eigenvalue weighted by molar-refractivity contribution is 0.586. The highest BCUT2D eigenvalue weighted by Crippen LogP contribution is 2.17. The Kier molecular flexibility index (Phi) is 2.20. The molecule has 0 aromatic carbocycles. The topological polar surface area (TPSA) is 63.2 Å². The van der Waals surface area contributed by atoms with Gasteiger partial charge in [-0.05, 0) is 0 Å². The first-order valence-electron chi connectivity index (χ1n) is 3.89. The Morgan fingerprint density at radius 2 is 2.08 bits per heavy atom. The summed E-state index contributed by atoms with van der Waals surface area (Å²) in [5, 5.41) is 8.41. The first-order valence-corrected chi connectivity index (χ1v) is 6.59. The number of sulfone groups is 1. The molecule has 72 valence electrons. The zero-order valence-electron chi connectivity index (χ0n) is 6.88. The van der Waals surface area contributed by atoms with Crippen molar-refractivity contribution < 1.29 is 8.42 Å². The van der Waals surface area contributed by atoms with Crippen LogP contribution in [0.25, 0.3) is 0 Å². The van der Waals surface area contributed by atoms with Crippen molar-refractivity contribution in [2.45, 2.75) is 0 Å². The molecule has 1 aromatic heterocycles. The van der Waals surface area contributed by atoms with E-state index in [0.717, 1.165) is 5.13 Å². The summed E-state index contributed by atoms with van der Waals surface area (Å²) >= 11 is 1.44. The maximum absolute atomic E-state index is 11.1. The van der Waals surface area contributed by atoms with E-state index < -0.39 is 9.84 Å². The van der Waals surface area contributed by atoms with Crippen LogP contribution in [0.3, 0.4) is 0 Å². The highest BCUT2D eigenvalue weighted by molar-refractivity contribution is 7.91. The first kappa shape index (κ1) is 8.89. The van der Waals surface area contributed by atoms with Gasteiger partial charge in [0.05, 0.1) is 11.5 Å². The molecule has 2 rings (SSSR count). The van der Waals surface area contributed by atoms with Crippen LogP contribution in [0.15, 0.2) is 5.51 Å². The fourth-order valence-corrected chi connectivity index (χ4v) is 3.02. The predicted molar refractivity (Wildman–Crippen MR) is 50.8 cm³/mol. The van der Waals surface area contributed by atoms with Gasteiger partial charge in [0.2, 0.25) is 5.13 Å². The third kappa shape index (κ3) is 1.97. The SMILES string of the molecule is O=S1(=O)CCN(c2nncs2)CC1. The molecule has 1 fully saturated rings. The third-order valence-electron chi connectivity index (χ3n) is 1.96. The van der Waals surface area contributed by atoms with E-state index in [2.05, 4.69) is 10.2 Å². The molecule has 7 heteroatoms. The molecule has 0 atom stereocenters. The van der Waals surface area contributed by atoms with Crippen molar-refractivity contribution in [2.24, 2.45) is 0 Å². The Morgan fingerprint density at radius 1 is 1.38 bits per heavy atom. The smallest absolute Gasteiger partial charge is 0.208 e. The zero-order chi connectivity index (χ0) is 9.31. The van der Waals surface area contributed by atoms with Crippen LogP contribution in [-0.2, 0) is 9.84 Å². The molecule has 1 aliphatic heterocycles. The minimum Gasteiger partial charge on any atom is -0.345 e. The quantitative estimate of drug-likeness (QED) is 0.653. The van der Waals surface area contributed by atoms with Gasteiger partial charge in [-0.3, -0.25) is 0 Å². The summed E-state index contributed by atoms with van der Waals surface area (Å²) in [5.41, 5.74) is 1.65. The molecular formula is C6H9N3O2S2. The molecule has 0 aliphatic carbocycles. The fourth-order valence-electron chi connectivity index (χ4n) is 1.21. The monoisotopic (exact) mass is 219 g/mol. The number of nitrogens with zero attached hydrogens (tertiary/aromatic N) is 3. The second-order valence-electron chi connectivity index (χ2n) is 2.86. The van der Waals surface area contributed by atoms with E-state index in [1.54, 1.807) is 5.51 Å². The van der Waals surface area contributed by atoms with Crippen molar-refractivity contribution in [3.05, 3.63) is 5.51 Å². The second-order valence-corrected chi connectivity index (χ2v) is 5.98. The number of hydrogen-bond donors (Lipinski definition) is 0. The van der Waals surface area contributed by atoms with Crippen LogP contribution in [0.1, 0.15) is 0 Å². The molecule has 5 nitrogen and oxygen atoms in total. The maximum Gasteiger partial charge on any atom is 0.208 e. The molecule has 1 aromatic rings. The molecule has 0 amide bonds. The molecule has 0 N–H and O–H groups in total. The van der Waals surface area contributed by atoms with Crippen LogP contribution in [0.5, 0.6) is 0 Å². The van der Waals surface area contributed by atoms with Crippen molar-refractivity contribution in [3.8, 4) is 0 Å². The highest BCUT2D eigenvalue weighted by Gasteiger charge is 2.22. The summed E-state index contributed by atoms with van der Waals surface area (Å²) in [6.07, 6.45) is 0. The minimum absolute atomic E-state index is 0.229. The Morgan fingerprint density at radius 3 is 2.62 bits per heavy atom. The van der Waals surface area contributed by atoms with Gasteiger partial charge < -0.3 is 4.90 Å². The molecular weight excluding hydrogens is 210 g/mol. The molecule has 13 heavy (non-hydrogen) atoms. The molecule has 0 bridgehead atoms. The van der Waals surface area contributed by atoms with Crippen molar-refractivity contribution >= 4 is 26.3 Å². The second kappa shape index (κ2) is 3.22. The molecule has 0 radical (unpaired) electrons. The summed E-state index contributed by atoms with van der Waals surface area (Å²) in [7, 11) is -2.79. The maximum atomic E-state index is 11.1. The Hall–Kier alpha value is -0.690. The van der Waals surface area contributed by atoms with Gasteiger partial charge in [0, 0.05) is 13.1 Å². The van der Waals surface area contributed by atoms with Crippen molar-refractivity contribution in [1.29, 1.82) is 0 Å². The minimum atomic E-state index is -2.79. The molecule has 0 spiro atoms. The Labute approximate surface area is 80.3 Å². The first-order chi connectivity index (χ1) is 6.17. The Bertz CT molecular complexity index is 359. The summed E-state index contributed by atoms with van der Waals surface area (Å²) in [6, 6.07) is 0. The number of hydrogen-bond acceptors (Lipinski definition) is 6. The number of anilines is 1. The van der Waals surface area contributed by atoms with Crippen molar-refractivity contribution in [2.75, 3.05) is 29.5 Å². The molecule has 1 aliphatic rings. The van der Waals surface area contributed by atoms with Gasteiger partial charge in [-0.1, -0.05) is 11.3 Å². The largest absolute Gasteiger partial charge is 0.345 e. The lowest BCUT2D eigenvalue weighted by atomic mass is 10.5. The van der Waals surface area contributed by atoms with Gasteiger partial charge >= 0.3 is 0 Å². The van der Waals surface area contributed by atoms with Crippen LogP contribution in [0.2, 0.25) is 0 Å². The van der Waals surface area contributed by atoms with E-state index in [0.29, 0.717) is 13.1 Å². The van der Waals surface area contributed by atoms with Gasteiger partial charge in [0.25, 0.3) is 0 Å². The van der Waals surface area contributed by atoms with Crippen LogP contribution >= 0.6 is 11.3 Å². The lowest BCUT2D eigenvalue weighted by Gasteiger charge is -2.25. The average Bonchev–Trinajstić information content (AvgIpc) is 2.56. The molecule has 0 unspecified atom stereocenters. The van der Waals surface area contributed by atoms with Crippen LogP contribution < -0.4 is 4.90 Å². The summed E-state index contributed by atoms with van der Waals surface area (Å²) in [5.74, 6) is 0.457. The van der Waals surface area contributed by atoms with Crippen molar-refractivity contribution in [3.63, 3.8) is 0 Å². The average molecular weight is 219 g/mol.